The van der Waals surface area contributed by atoms with E-state index in [1.54, 1.807) is 42.5 Å². The van der Waals surface area contributed by atoms with Gasteiger partial charge in [0.15, 0.2) is 18.1 Å². The number of hydrogen-bond acceptors (Lipinski definition) is 6. The summed E-state index contributed by atoms with van der Waals surface area (Å²) in [5.41, 5.74) is 1.24. The molecule has 1 amide bonds. The van der Waals surface area contributed by atoms with E-state index in [9.17, 15) is 4.79 Å². The highest BCUT2D eigenvalue weighted by atomic mass is 16.5. The van der Waals surface area contributed by atoms with Crippen molar-refractivity contribution in [2.75, 3.05) is 25.1 Å². The number of anilines is 1. The van der Waals surface area contributed by atoms with Gasteiger partial charge in [0.25, 0.3) is 5.91 Å². The van der Waals surface area contributed by atoms with Crippen LogP contribution in [0.5, 0.6) is 17.2 Å². The molecule has 0 heterocycles. The van der Waals surface area contributed by atoms with Gasteiger partial charge >= 0.3 is 0 Å². The van der Waals surface area contributed by atoms with E-state index in [1.165, 1.54) is 6.08 Å². The largest absolute Gasteiger partial charge is 0.494 e. The lowest BCUT2D eigenvalue weighted by atomic mass is 10.1. The van der Waals surface area contributed by atoms with Gasteiger partial charge in [-0.3, -0.25) is 4.79 Å². The van der Waals surface area contributed by atoms with Gasteiger partial charge in [0, 0.05) is 5.69 Å². The van der Waals surface area contributed by atoms with Gasteiger partial charge < -0.3 is 19.5 Å². The van der Waals surface area contributed by atoms with E-state index in [1.807, 2.05) is 26.0 Å². The first kappa shape index (κ1) is 21.3. The summed E-state index contributed by atoms with van der Waals surface area (Å²) in [5, 5.41) is 20.5. The lowest BCUT2D eigenvalue weighted by Gasteiger charge is -2.13. The molecule has 0 fully saturated rings. The molecule has 1 N–H and O–H groups in total. The molecule has 0 aliphatic rings. The van der Waals surface area contributed by atoms with Gasteiger partial charge in [0.1, 0.15) is 23.5 Å². The van der Waals surface area contributed by atoms with E-state index >= 15 is 0 Å². The van der Waals surface area contributed by atoms with E-state index in [4.69, 9.17) is 24.7 Å². The molecular formula is C22H21N3O4. The minimum absolute atomic E-state index is 0.0177. The van der Waals surface area contributed by atoms with Crippen LogP contribution >= 0.6 is 0 Å². The Labute approximate surface area is 169 Å². The van der Waals surface area contributed by atoms with Gasteiger partial charge in [-0.1, -0.05) is 6.07 Å². The zero-order chi connectivity index (χ0) is 21.1. The summed E-state index contributed by atoms with van der Waals surface area (Å²) < 4.78 is 16.5. The molecule has 0 unspecified atom stereocenters. The topological polar surface area (TPSA) is 104 Å². The van der Waals surface area contributed by atoms with Crippen LogP contribution in [-0.4, -0.2) is 25.7 Å². The van der Waals surface area contributed by atoms with Crippen LogP contribution < -0.4 is 19.5 Å². The minimum atomic E-state index is -0.322. The van der Waals surface area contributed by atoms with Crippen LogP contribution in [0.25, 0.3) is 6.08 Å². The third kappa shape index (κ3) is 6.60. The van der Waals surface area contributed by atoms with Crippen molar-refractivity contribution in [1.29, 1.82) is 10.5 Å². The second kappa shape index (κ2) is 11.0. The van der Waals surface area contributed by atoms with Crippen LogP contribution in [0.3, 0.4) is 0 Å². The molecule has 0 saturated carbocycles. The minimum Gasteiger partial charge on any atom is -0.494 e. The lowest BCUT2D eigenvalue weighted by Crippen LogP contribution is -2.20. The van der Waals surface area contributed by atoms with Crippen molar-refractivity contribution >= 4 is 17.7 Å². The first-order chi connectivity index (χ1) is 14.1. The van der Waals surface area contributed by atoms with Gasteiger partial charge in [-0.2, -0.15) is 10.5 Å². The van der Waals surface area contributed by atoms with Gasteiger partial charge in [0.05, 0.1) is 13.2 Å². The first-order valence-corrected chi connectivity index (χ1v) is 9.03. The van der Waals surface area contributed by atoms with Crippen LogP contribution in [0, 0.1) is 22.7 Å². The van der Waals surface area contributed by atoms with Crippen LogP contribution in [0.15, 0.2) is 48.0 Å². The Kier molecular flexibility index (Phi) is 8.10. The van der Waals surface area contributed by atoms with Crippen LogP contribution in [0.2, 0.25) is 0 Å². The van der Waals surface area contributed by atoms with Crippen molar-refractivity contribution in [3.8, 4) is 29.4 Å². The number of hydrogen-bond donors (Lipinski definition) is 1. The molecule has 0 aromatic heterocycles. The highest BCUT2D eigenvalue weighted by Crippen LogP contribution is 2.29. The van der Waals surface area contributed by atoms with Crippen LogP contribution in [0.1, 0.15) is 19.4 Å². The lowest BCUT2D eigenvalue weighted by molar-refractivity contribution is -0.118. The second-order valence-corrected chi connectivity index (χ2v) is 5.72. The SMILES string of the molecule is CCOc1ccc(NC(=O)COc2ccc(C=C(C#N)C#N)cc2OCC)cc1. The zero-order valence-corrected chi connectivity index (χ0v) is 16.3. The van der Waals surface area contributed by atoms with Crippen molar-refractivity contribution in [1.82, 2.24) is 0 Å². The molecule has 148 valence electrons. The molecule has 0 atom stereocenters. The molecule has 0 bridgehead atoms. The molecule has 2 aromatic carbocycles. The number of nitrogens with zero attached hydrogens (tertiary/aromatic N) is 2. The molecule has 0 aliphatic carbocycles. The summed E-state index contributed by atoms with van der Waals surface area (Å²) in [5.74, 6) is 1.22. The fraction of sp³-hybridized carbons (Fsp3) is 0.227. The van der Waals surface area contributed by atoms with Gasteiger partial charge in [-0.25, -0.2) is 0 Å². The number of amides is 1. The normalized spacial score (nSPS) is 9.52. The van der Waals surface area contributed by atoms with Crippen molar-refractivity contribution in [3.05, 3.63) is 53.6 Å². The van der Waals surface area contributed by atoms with Crippen LogP contribution in [0.4, 0.5) is 5.69 Å². The summed E-state index contributed by atoms with van der Waals surface area (Å²) >= 11 is 0. The Morgan fingerprint density at radius 3 is 2.28 bits per heavy atom. The third-order valence-electron chi connectivity index (χ3n) is 3.63. The summed E-state index contributed by atoms with van der Waals surface area (Å²) in [6, 6.07) is 15.6. The molecule has 7 nitrogen and oxygen atoms in total. The molecule has 0 spiro atoms. The van der Waals surface area contributed by atoms with Crippen molar-refractivity contribution in [3.63, 3.8) is 0 Å². The Balaban J connectivity index is 2.03. The number of nitriles is 2. The zero-order valence-electron chi connectivity index (χ0n) is 16.3. The summed E-state index contributed by atoms with van der Waals surface area (Å²) in [6.07, 6.45) is 1.45. The first-order valence-electron chi connectivity index (χ1n) is 9.03. The second-order valence-electron chi connectivity index (χ2n) is 5.72. The van der Waals surface area contributed by atoms with Gasteiger partial charge in [-0.05, 0) is 61.9 Å². The number of allylic oxidation sites excluding steroid dienone is 1. The average Bonchev–Trinajstić information content (AvgIpc) is 2.73. The van der Waals surface area contributed by atoms with E-state index < -0.39 is 0 Å². The quantitative estimate of drug-likeness (QED) is 0.650. The highest BCUT2D eigenvalue weighted by molar-refractivity contribution is 5.92. The molecule has 0 saturated heterocycles. The Morgan fingerprint density at radius 2 is 1.66 bits per heavy atom. The summed E-state index contributed by atoms with van der Waals surface area (Å²) in [6.45, 7) is 4.49. The Bertz CT molecular complexity index is 938. The molecule has 2 aromatic rings. The van der Waals surface area contributed by atoms with E-state index in [0.717, 1.165) is 5.75 Å². The molecular weight excluding hydrogens is 370 g/mol. The third-order valence-corrected chi connectivity index (χ3v) is 3.63. The number of ether oxygens (including phenoxy) is 3. The Morgan fingerprint density at radius 1 is 0.966 bits per heavy atom. The predicted octanol–water partition coefficient (Wildman–Crippen LogP) is 3.93. The Hall–Kier alpha value is -3.97. The van der Waals surface area contributed by atoms with Crippen molar-refractivity contribution in [2.24, 2.45) is 0 Å². The van der Waals surface area contributed by atoms with Gasteiger partial charge in [-0.15, -0.1) is 0 Å². The standard InChI is InChI=1S/C22H21N3O4/c1-3-27-19-8-6-18(7-9-19)25-22(26)15-29-20-10-5-16(11-17(13-23)14-24)12-21(20)28-4-2/h5-12H,3-4,15H2,1-2H3,(H,25,26). The predicted molar refractivity (Wildman–Crippen MR) is 109 cm³/mol. The van der Waals surface area contributed by atoms with Crippen LogP contribution in [-0.2, 0) is 4.79 Å². The number of carbonyl (C=O) groups is 1. The maximum Gasteiger partial charge on any atom is 0.262 e. The van der Waals surface area contributed by atoms with E-state index in [0.29, 0.717) is 36.0 Å². The van der Waals surface area contributed by atoms with E-state index in [2.05, 4.69) is 5.32 Å². The molecule has 7 heteroatoms. The highest BCUT2D eigenvalue weighted by Gasteiger charge is 2.10. The summed E-state index contributed by atoms with van der Waals surface area (Å²) in [4.78, 5) is 12.2. The summed E-state index contributed by atoms with van der Waals surface area (Å²) in [7, 11) is 0. The maximum absolute atomic E-state index is 12.2. The number of rotatable bonds is 9. The smallest absolute Gasteiger partial charge is 0.262 e. The maximum atomic E-state index is 12.2. The van der Waals surface area contributed by atoms with Crippen molar-refractivity contribution in [2.45, 2.75) is 13.8 Å². The fourth-order valence-electron chi connectivity index (χ4n) is 2.40. The molecule has 29 heavy (non-hydrogen) atoms. The average molecular weight is 391 g/mol. The number of nitrogens with one attached hydrogen (secondary N) is 1. The number of benzene rings is 2. The molecule has 0 radical (unpaired) electrons. The fourth-order valence-corrected chi connectivity index (χ4v) is 2.40. The molecule has 0 aliphatic heterocycles. The molecule has 2 rings (SSSR count). The van der Waals surface area contributed by atoms with E-state index in [-0.39, 0.29) is 18.1 Å². The number of carbonyl (C=O) groups excluding carboxylic acids is 1. The van der Waals surface area contributed by atoms with Crippen molar-refractivity contribution < 1.29 is 19.0 Å². The monoisotopic (exact) mass is 391 g/mol. The van der Waals surface area contributed by atoms with Gasteiger partial charge in [0.2, 0.25) is 0 Å².